The largest absolute Gasteiger partial charge is 0.315 e. The van der Waals surface area contributed by atoms with E-state index < -0.39 is 0 Å². The van der Waals surface area contributed by atoms with Crippen LogP contribution in [0.15, 0.2) is 0 Å². The van der Waals surface area contributed by atoms with Crippen LogP contribution in [0.5, 0.6) is 0 Å². The Morgan fingerprint density at radius 2 is 2.29 bits per heavy atom. The molecular formula is C11H24N2S. The molecule has 84 valence electrons. The number of nitrogens with zero attached hydrogens (tertiary/aromatic N) is 1. The van der Waals surface area contributed by atoms with Gasteiger partial charge < -0.3 is 10.2 Å². The van der Waals surface area contributed by atoms with Crippen molar-refractivity contribution >= 4 is 11.8 Å². The Balaban J connectivity index is 1.88. The molecule has 1 aliphatic rings. The summed E-state index contributed by atoms with van der Waals surface area (Å²) in [4.78, 5) is 2.48. The van der Waals surface area contributed by atoms with Gasteiger partial charge in [-0.15, -0.1) is 0 Å². The minimum Gasteiger partial charge on any atom is -0.315 e. The average Bonchev–Trinajstić information content (AvgIpc) is 2.58. The number of hydrogen-bond donors (Lipinski definition) is 1. The van der Waals surface area contributed by atoms with Gasteiger partial charge in [-0.1, -0.05) is 0 Å². The van der Waals surface area contributed by atoms with E-state index in [1.165, 1.54) is 51.1 Å². The number of rotatable bonds is 7. The van der Waals surface area contributed by atoms with Gasteiger partial charge in [-0.3, -0.25) is 0 Å². The molecule has 1 aliphatic heterocycles. The highest BCUT2D eigenvalue weighted by atomic mass is 32.2. The van der Waals surface area contributed by atoms with Crippen molar-refractivity contribution in [3.63, 3.8) is 0 Å². The minimum absolute atomic E-state index is 0.801. The average molecular weight is 216 g/mol. The molecule has 0 aromatic heterocycles. The summed E-state index contributed by atoms with van der Waals surface area (Å²) in [6, 6.07) is 0.801. The van der Waals surface area contributed by atoms with E-state index in [4.69, 9.17) is 0 Å². The van der Waals surface area contributed by atoms with E-state index in [0.717, 1.165) is 6.04 Å². The van der Waals surface area contributed by atoms with Gasteiger partial charge in [0.05, 0.1) is 0 Å². The predicted molar refractivity (Wildman–Crippen MR) is 66.1 cm³/mol. The van der Waals surface area contributed by atoms with Crippen LogP contribution in [0.25, 0.3) is 0 Å². The summed E-state index contributed by atoms with van der Waals surface area (Å²) in [6.07, 6.45) is 7.64. The summed E-state index contributed by atoms with van der Waals surface area (Å²) in [5.41, 5.74) is 0. The quantitative estimate of drug-likeness (QED) is 0.654. The highest BCUT2D eigenvalue weighted by Gasteiger charge is 2.19. The lowest BCUT2D eigenvalue weighted by Crippen LogP contribution is -2.35. The fraction of sp³-hybridized carbons (Fsp3) is 1.00. The number of nitrogens with one attached hydrogen (secondary N) is 1. The van der Waals surface area contributed by atoms with E-state index in [1.54, 1.807) is 0 Å². The first-order chi connectivity index (χ1) is 6.84. The van der Waals surface area contributed by atoms with Gasteiger partial charge in [0.15, 0.2) is 0 Å². The third-order valence-corrected chi connectivity index (χ3v) is 3.70. The third-order valence-electron chi connectivity index (χ3n) is 3.00. The fourth-order valence-electron chi connectivity index (χ4n) is 2.00. The fourth-order valence-corrected chi connectivity index (χ4v) is 2.50. The zero-order valence-corrected chi connectivity index (χ0v) is 10.4. The maximum atomic E-state index is 3.57. The van der Waals surface area contributed by atoms with E-state index >= 15 is 0 Å². The van der Waals surface area contributed by atoms with E-state index in [-0.39, 0.29) is 0 Å². The summed E-state index contributed by atoms with van der Waals surface area (Å²) < 4.78 is 0. The van der Waals surface area contributed by atoms with Crippen molar-refractivity contribution in [1.82, 2.24) is 10.2 Å². The minimum atomic E-state index is 0.801. The molecule has 0 aromatic rings. The molecule has 0 aliphatic carbocycles. The summed E-state index contributed by atoms with van der Waals surface area (Å²) >= 11 is 1.95. The van der Waals surface area contributed by atoms with Crippen molar-refractivity contribution in [1.29, 1.82) is 0 Å². The third kappa shape index (κ3) is 4.67. The van der Waals surface area contributed by atoms with Crippen LogP contribution in [0.2, 0.25) is 0 Å². The monoisotopic (exact) mass is 216 g/mol. The van der Waals surface area contributed by atoms with Crippen LogP contribution in [0, 0.1) is 0 Å². The Hall–Kier alpha value is 0.270. The van der Waals surface area contributed by atoms with Crippen molar-refractivity contribution < 1.29 is 0 Å². The molecular weight excluding hydrogens is 192 g/mol. The first-order valence-electron chi connectivity index (χ1n) is 5.74. The van der Waals surface area contributed by atoms with Crippen molar-refractivity contribution in [2.45, 2.75) is 31.7 Å². The van der Waals surface area contributed by atoms with E-state index in [1.807, 2.05) is 11.8 Å². The van der Waals surface area contributed by atoms with E-state index in [9.17, 15) is 0 Å². The lowest BCUT2D eigenvalue weighted by Gasteiger charge is -2.19. The molecule has 1 fully saturated rings. The first kappa shape index (κ1) is 12.3. The molecule has 0 bridgehead atoms. The molecule has 14 heavy (non-hydrogen) atoms. The summed E-state index contributed by atoms with van der Waals surface area (Å²) in [5, 5.41) is 3.57. The Bertz CT molecular complexity index is 141. The van der Waals surface area contributed by atoms with Crippen LogP contribution in [-0.4, -0.2) is 49.6 Å². The molecule has 0 radical (unpaired) electrons. The highest BCUT2D eigenvalue weighted by molar-refractivity contribution is 7.98. The van der Waals surface area contributed by atoms with Gasteiger partial charge in [0.25, 0.3) is 0 Å². The van der Waals surface area contributed by atoms with Crippen molar-refractivity contribution in [2.75, 3.05) is 38.7 Å². The number of likely N-dealkylation sites (N-methyl/N-ethyl adjacent to an activating group) is 1. The summed E-state index contributed by atoms with van der Waals surface area (Å²) in [5.74, 6) is 1.31. The molecule has 1 atom stereocenters. The molecule has 0 aromatic carbocycles. The molecule has 0 spiro atoms. The van der Waals surface area contributed by atoms with Gasteiger partial charge in [-0.05, 0) is 57.8 Å². The Kier molecular flexibility index (Phi) is 6.65. The Labute approximate surface area is 92.8 Å². The lowest BCUT2D eigenvalue weighted by atomic mass is 10.2. The smallest absolute Gasteiger partial charge is 0.0218 e. The molecule has 0 amide bonds. The molecule has 1 rings (SSSR count). The molecule has 1 saturated heterocycles. The first-order valence-corrected chi connectivity index (χ1v) is 7.14. The Morgan fingerprint density at radius 1 is 1.43 bits per heavy atom. The zero-order valence-electron chi connectivity index (χ0n) is 9.59. The molecule has 2 nitrogen and oxygen atoms in total. The standard InChI is InChI=1S/C11H24N2S/c1-13-8-5-6-11(13)10-12-7-3-4-9-14-2/h11-12H,3-10H2,1-2H3. The van der Waals surface area contributed by atoms with Crippen LogP contribution < -0.4 is 5.32 Å². The van der Waals surface area contributed by atoms with E-state index in [2.05, 4.69) is 23.5 Å². The normalized spacial score (nSPS) is 23.1. The molecule has 0 saturated carbocycles. The van der Waals surface area contributed by atoms with Crippen LogP contribution in [0.3, 0.4) is 0 Å². The Morgan fingerprint density at radius 3 is 2.93 bits per heavy atom. The second-order valence-corrected chi connectivity index (χ2v) is 5.17. The van der Waals surface area contributed by atoms with Gasteiger partial charge in [-0.2, -0.15) is 11.8 Å². The molecule has 1 unspecified atom stereocenters. The van der Waals surface area contributed by atoms with Crippen molar-refractivity contribution in [2.24, 2.45) is 0 Å². The second-order valence-electron chi connectivity index (χ2n) is 4.18. The van der Waals surface area contributed by atoms with Gasteiger partial charge >= 0.3 is 0 Å². The van der Waals surface area contributed by atoms with Gasteiger partial charge in [0.2, 0.25) is 0 Å². The zero-order chi connectivity index (χ0) is 10.2. The van der Waals surface area contributed by atoms with Gasteiger partial charge in [0, 0.05) is 12.6 Å². The van der Waals surface area contributed by atoms with Crippen LogP contribution >= 0.6 is 11.8 Å². The van der Waals surface area contributed by atoms with E-state index in [0.29, 0.717) is 0 Å². The summed E-state index contributed by atoms with van der Waals surface area (Å²) in [6.45, 7) is 3.68. The summed E-state index contributed by atoms with van der Waals surface area (Å²) in [7, 11) is 2.24. The van der Waals surface area contributed by atoms with Crippen molar-refractivity contribution in [3.05, 3.63) is 0 Å². The van der Waals surface area contributed by atoms with Crippen LogP contribution in [-0.2, 0) is 0 Å². The topological polar surface area (TPSA) is 15.3 Å². The lowest BCUT2D eigenvalue weighted by molar-refractivity contribution is 0.300. The second kappa shape index (κ2) is 7.55. The number of unbranched alkanes of at least 4 members (excludes halogenated alkanes) is 1. The molecule has 1 N–H and O–H groups in total. The SMILES string of the molecule is CSCCCCNCC1CCCN1C. The van der Waals surface area contributed by atoms with Gasteiger partial charge in [-0.25, -0.2) is 0 Å². The number of likely N-dealkylation sites (tertiary alicyclic amines) is 1. The highest BCUT2D eigenvalue weighted by Crippen LogP contribution is 2.13. The molecule has 1 heterocycles. The van der Waals surface area contributed by atoms with Gasteiger partial charge in [0.1, 0.15) is 0 Å². The number of thioether (sulfide) groups is 1. The van der Waals surface area contributed by atoms with Crippen molar-refractivity contribution in [3.8, 4) is 0 Å². The maximum Gasteiger partial charge on any atom is 0.0218 e. The molecule has 3 heteroatoms. The van der Waals surface area contributed by atoms with Crippen LogP contribution in [0.4, 0.5) is 0 Å². The van der Waals surface area contributed by atoms with Crippen LogP contribution in [0.1, 0.15) is 25.7 Å². The predicted octanol–water partition coefficient (Wildman–Crippen LogP) is 1.81. The number of hydrogen-bond acceptors (Lipinski definition) is 3. The maximum absolute atomic E-state index is 3.57.